The number of ether oxygens (including phenoxy) is 1. The molecule has 1 unspecified atom stereocenters. The van der Waals surface area contributed by atoms with Gasteiger partial charge in [0.25, 0.3) is 0 Å². The highest BCUT2D eigenvalue weighted by atomic mass is 16.6. The Balaban J connectivity index is 3.01. The third kappa shape index (κ3) is 4.77. The normalized spacial score (nSPS) is 14.0. The van der Waals surface area contributed by atoms with Crippen LogP contribution in [0.4, 0.5) is 10.5 Å². The van der Waals surface area contributed by atoms with Crippen LogP contribution >= 0.6 is 0 Å². The monoisotopic (exact) mass is 292 g/mol. The molecular weight excluding hydrogens is 268 g/mol. The highest BCUT2D eigenvalue weighted by molar-refractivity contribution is 5.78. The first-order chi connectivity index (χ1) is 9.57. The van der Waals surface area contributed by atoms with Gasteiger partial charge >= 0.3 is 6.09 Å². The maximum absolute atomic E-state index is 11.9. The van der Waals surface area contributed by atoms with E-state index >= 15 is 0 Å². The van der Waals surface area contributed by atoms with Gasteiger partial charge in [-0.25, -0.2) is 4.79 Å². The highest BCUT2D eigenvalue weighted by Crippen LogP contribution is 2.23. The van der Waals surface area contributed by atoms with E-state index < -0.39 is 17.2 Å². The van der Waals surface area contributed by atoms with Crippen LogP contribution in [0.25, 0.3) is 0 Å². The lowest BCUT2D eigenvalue weighted by molar-refractivity contribution is -0.113. The van der Waals surface area contributed by atoms with E-state index in [1.54, 1.807) is 33.8 Å². The molecule has 1 N–H and O–H groups in total. The number of anilines is 1. The first-order valence-corrected chi connectivity index (χ1v) is 6.83. The van der Waals surface area contributed by atoms with Gasteiger partial charge in [-0.3, -0.25) is 0 Å². The molecule has 0 saturated carbocycles. The fourth-order valence-corrected chi connectivity index (χ4v) is 1.79. The average molecular weight is 292 g/mol. The molecule has 0 aliphatic heterocycles. The number of nitrogens with one attached hydrogen (secondary N) is 1. The summed E-state index contributed by atoms with van der Waals surface area (Å²) in [6.45, 7) is 6.98. The van der Waals surface area contributed by atoms with Crippen LogP contribution in [0.1, 0.15) is 33.3 Å². The van der Waals surface area contributed by atoms with E-state index in [-0.39, 0.29) is 0 Å². The third-order valence-corrected chi connectivity index (χ3v) is 2.96. The van der Waals surface area contributed by atoms with Crippen molar-refractivity contribution in [3.8, 4) is 0 Å². The molecule has 21 heavy (non-hydrogen) atoms. The van der Waals surface area contributed by atoms with Crippen molar-refractivity contribution >= 4 is 18.1 Å². The Hall–Kier alpha value is -2.04. The zero-order chi connectivity index (χ0) is 16.3. The molecular formula is C16H24N2O3. The zero-order valence-electron chi connectivity index (χ0n) is 13.6. The fourth-order valence-electron chi connectivity index (χ4n) is 1.79. The number of carbonyl (C=O) groups excluding carboxylic acids is 2. The molecule has 0 aliphatic rings. The highest BCUT2D eigenvalue weighted by Gasteiger charge is 2.30. The minimum atomic E-state index is -1.13. The van der Waals surface area contributed by atoms with Gasteiger partial charge in [-0.15, -0.1) is 0 Å². The van der Waals surface area contributed by atoms with Crippen molar-refractivity contribution in [1.29, 1.82) is 0 Å². The van der Waals surface area contributed by atoms with Gasteiger partial charge in [-0.05, 0) is 45.4 Å². The standard InChI is InChI=1S/C16H24N2O3/c1-15(2,3)21-14(20)17-16(4,11-19)12-8-7-9-13(10-12)18(5)6/h7-11H,1-6H3,(H,17,20). The predicted molar refractivity (Wildman–Crippen MR) is 83.6 cm³/mol. The lowest BCUT2D eigenvalue weighted by Crippen LogP contribution is -2.47. The molecule has 0 spiro atoms. The van der Waals surface area contributed by atoms with E-state index in [9.17, 15) is 9.59 Å². The van der Waals surface area contributed by atoms with Gasteiger partial charge < -0.3 is 19.7 Å². The molecule has 0 fully saturated rings. The van der Waals surface area contributed by atoms with Gasteiger partial charge in [0.2, 0.25) is 0 Å². The summed E-state index contributed by atoms with van der Waals surface area (Å²) in [5, 5.41) is 2.63. The van der Waals surface area contributed by atoms with E-state index in [2.05, 4.69) is 5.32 Å². The van der Waals surface area contributed by atoms with Gasteiger partial charge in [0, 0.05) is 19.8 Å². The molecule has 1 rings (SSSR count). The number of rotatable bonds is 4. The Kier molecular flexibility index (Phi) is 4.99. The maximum atomic E-state index is 11.9. The van der Waals surface area contributed by atoms with Crippen molar-refractivity contribution in [1.82, 2.24) is 5.32 Å². The number of amides is 1. The smallest absolute Gasteiger partial charge is 0.408 e. The summed E-state index contributed by atoms with van der Waals surface area (Å²) in [4.78, 5) is 25.4. The van der Waals surface area contributed by atoms with Gasteiger partial charge in [0.15, 0.2) is 0 Å². The van der Waals surface area contributed by atoms with Crippen LogP contribution in [0.5, 0.6) is 0 Å². The Morgan fingerprint density at radius 1 is 1.24 bits per heavy atom. The average Bonchev–Trinajstić information content (AvgIpc) is 2.36. The molecule has 1 aromatic rings. The molecule has 0 aliphatic carbocycles. The van der Waals surface area contributed by atoms with Crippen LogP contribution in [0.15, 0.2) is 24.3 Å². The van der Waals surface area contributed by atoms with Gasteiger partial charge in [-0.2, -0.15) is 0 Å². The fraction of sp³-hybridized carbons (Fsp3) is 0.500. The number of nitrogens with zero attached hydrogens (tertiary/aromatic N) is 1. The van der Waals surface area contributed by atoms with E-state index in [4.69, 9.17) is 4.74 Å². The number of alkyl carbamates (subject to hydrolysis) is 1. The maximum Gasteiger partial charge on any atom is 0.408 e. The van der Waals surface area contributed by atoms with Crippen molar-refractivity contribution in [2.24, 2.45) is 0 Å². The van der Waals surface area contributed by atoms with Gasteiger partial charge in [0.1, 0.15) is 17.4 Å². The molecule has 0 aromatic heterocycles. The molecule has 1 atom stereocenters. The molecule has 1 aromatic carbocycles. The van der Waals surface area contributed by atoms with Crippen LogP contribution in [-0.2, 0) is 15.1 Å². The second kappa shape index (κ2) is 6.16. The predicted octanol–water partition coefficient (Wildman–Crippen LogP) is 2.69. The Labute approximate surface area is 126 Å². The van der Waals surface area contributed by atoms with Crippen LogP contribution in [0.2, 0.25) is 0 Å². The first kappa shape index (κ1) is 17.0. The summed E-state index contributed by atoms with van der Waals surface area (Å²) in [5.74, 6) is 0. The number of hydrogen-bond donors (Lipinski definition) is 1. The molecule has 0 saturated heterocycles. The van der Waals surface area contributed by atoms with Crippen molar-refractivity contribution < 1.29 is 14.3 Å². The second-order valence-electron chi connectivity index (χ2n) is 6.39. The van der Waals surface area contributed by atoms with E-state index in [1.165, 1.54) is 0 Å². The summed E-state index contributed by atoms with van der Waals surface area (Å²) in [5.41, 5.74) is -0.0885. The largest absolute Gasteiger partial charge is 0.444 e. The van der Waals surface area contributed by atoms with Gasteiger partial charge in [-0.1, -0.05) is 12.1 Å². The van der Waals surface area contributed by atoms with Crippen LogP contribution in [0.3, 0.4) is 0 Å². The van der Waals surface area contributed by atoms with Crippen LogP contribution in [-0.4, -0.2) is 32.1 Å². The van der Waals surface area contributed by atoms with Gasteiger partial charge in [0.05, 0.1) is 0 Å². The topological polar surface area (TPSA) is 58.6 Å². The molecule has 0 heterocycles. The summed E-state index contributed by atoms with van der Waals surface area (Å²) < 4.78 is 5.22. The minimum absolute atomic E-state index is 0.612. The number of aldehydes is 1. The van der Waals surface area contributed by atoms with Crippen molar-refractivity contribution in [3.05, 3.63) is 29.8 Å². The van der Waals surface area contributed by atoms with Crippen molar-refractivity contribution in [3.63, 3.8) is 0 Å². The summed E-state index contributed by atoms with van der Waals surface area (Å²) in [6, 6.07) is 7.45. The third-order valence-electron chi connectivity index (χ3n) is 2.96. The number of hydrogen-bond acceptors (Lipinski definition) is 4. The summed E-state index contributed by atoms with van der Waals surface area (Å²) in [7, 11) is 3.83. The van der Waals surface area contributed by atoms with Crippen LogP contribution < -0.4 is 10.2 Å². The molecule has 0 bridgehead atoms. The zero-order valence-corrected chi connectivity index (χ0v) is 13.6. The summed E-state index contributed by atoms with van der Waals surface area (Å²) >= 11 is 0. The number of carbonyl (C=O) groups is 2. The molecule has 1 amide bonds. The molecule has 5 heteroatoms. The number of benzene rings is 1. The first-order valence-electron chi connectivity index (χ1n) is 6.83. The van der Waals surface area contributed by atoms with Crippen molar-refractivity contribution in [2.75, 3.05) is 19.0 Å². The SMILES string of the molecule is CN(C)c1cccc(C(C)(C=O)NC(=O)OC(C)(C)C)c1. The minimum Gasteiger partial charge on any atom is -0.444 e. The second-order valence-corrected chi connectivity index (χ2v) is 6.39. The molecule has 0 radical (unpaired) electrons. The van der Waals surface area contributed by atoms with E-state index in [0.717, 1.165) is 5.69 Å². The summed E-state index contributed by atoms with van der Waals surface area (Å²) in [6.07, 6.45) is 0.0958. The van der Waals surface area contributed by atoms with E-state index in [1.807, 2.05) is 37.2 Å². The van der Waals surface area contributed by atoms with Crippen molar-refractivity contribution in [2.45, 2.75) is 38.8 Å². The van der Waals surface area contributed by atoms with E-state index in [0.29, 0.717) is 11.8 Å². The lowest BCUT2D eigenvalue weighted by Gasteiger charge is -2.28. The Bertz CT molecular complexity index is 520. The quantitative estimate of drug-likeness (QED) is 0.867. The van der Waals surface area contributed by atoms with Crippen LogP contribution in [0, 0.1) is 0 Å². The molecule has 116 valence electrons. The lowest BCUT2D eigenvalue weighted by atomic mass is 9.93. The molecule has 5 nitrogen and oxygen atoms in total. The Morgan fingerprint density at radius 3 is 2.33 bits per heavy atom. The Morgan fingerprint density at radius 2 is 1.86 bits per heavy atom.